The van der Waals surface area contributed by atoms with Crippen molar-refractivity contribution >= 4 is 79.2 Å². The molecule has 59 heavy (non-hydrogen) atoms. The third-order valence-corrected chi connectivity index (χ3v) is 11.9. The van der Waals surface area contributed by atoms with Gasteiger partial charge in [-0.1, -0.05) is 127 Å². The molecule has 2 aliphatic heterocycles. The van der Waals surface area contributed by atoms with Crippen LogP contribution < -0.4 is 30.9 Å². The molecule has 0 bridgehead atoms. The molecule has 0 saturated carbocycles. The third-order valence-electron chi connectivity index (χ3n) is 11.9. The highest BCUT2D eigenvalue weighted by atomic mass is 16.5. The Labute approximate surface area is 342 Å². The van der Waals surface area contributed by atoms with Gasteiger partial charge in [0.1, 0.15) is 22.7 Å². The average molecular weight is 755 g/mol. The summed E-state index contributed by atoms with van der Waals surface area (Å²) in [6.45, 7) is -0.0712. The van der Waals surface area contributed by atoms with E-state index in [4.69, 9.17) is 9.15 Å². The molecule has 3 heterocycles. The first-order valence-corrected chi connectivity index (χ1v) is 20.1. The van der Waals surface area contributed by atoms with E-state index in [1.807, 2.05) is 12.1 Å². The molecule has 0 atom stereocenters. The molecule has 0 unspecified atom stereocenters. The molecule has 10 aromatic rings. The van der Waals surface area contributed by atoms with Crippen molar-refractivity contribution in [2.45, 2.75) is 0 Å². The fraction of sp³-hybridized carbons (Fsp3) is 0. The van der Waals surface area contributed by atoms with Gasteiger partial charge in [-0.25, -0.2) is 0 Å². The summed E-state index contributed by atoms with van der Waals surface area (Å²) in [5.41, 5.74) is 16.4. The SMILES string of the molecule is c1ccc(-c2cccc(N3c4cc(-c5ccccc5)ccc4B4c5cc6oc7cc(N(c8ccccc8)c8ccccc8)ccc7c6cc5Oc5cccc3c54)c2)cc1. The number of para-hydroxylation sites is 2. The van der Waals surface area contributed by atoms with Crippen molar-refractivity contribution in [1.82, 2.24) is 0 Å². The number of furan rings is 1. The molecule has 12 rings (SSSR count). The van der Waals surface area contributed by atoms with Crippen molar-refractivity contribution in [1.29, 1.82) is 0 Å². The Kier molecular flexibility index (Phi) is 7.60. The Balaban J connectivity index is 1.03. The number of fused-ring (bicyclic) bond motifs is 7. The lowest BCUT2D eigenvalue weighted by atomic mass is 9.34. The molecule has 276 valence electrons. The summed E-state index contributed by atoms with van der Waals surface area (Å²) in [6, 6.07) is 75.4. The van der Waals surface area contributed by atoms with Crippen LogP contribution in [0, 0.1) is 0 Å². The zero-order valence-electron chi connectivity index (χ0n) is 32.0. The summed E-state index contributed by atoms with van der Waals surface area (Å²) in [5, 5.41) is 2.09. The van der Waals surface area contributed by atoms with E-state index < -0.39 is 0 Å². The van der Waals surface area contributed by atoms with Crippen LogP contribution in [0.1, 0.15) is 0 Å². The highest BCUT2D eigenvalue weighted by molar-refractivity contribution is 6.99. The van der Waals surface area contributed by atoms with Crippen LogP contribution in [0.25, 0.3) is 44.2 Å². The summed E-state index contributed by atoms with van der Waals surface area (Å²) in [5.74, 6) is 1.73. The maximum atomic E-state index is 6.94. The summed E-state index contributed by atoms with van der Waals surface area (Å²) in [4.78, 5) is 4.69. The van der Waals surface area contributed by atoms with Gasteiger partial charge in [0.05, 0.1) is 0 Å². The minimum atomic E-state index is -0.0712. The monoisotopic (exact) mass is 754 g/mol. The second kappa shape index (κ2) is 13.4. The van der Waals surface area contributed by atoms with Gasteiger partial charge in [-0.2, -0.15) is 0 Å². The molecule has 0 amide bonds. The van der Waals surface area contributed by atoms with Crippen LogP contribution >= 0.6 is 0 Å². The number of benzene rings is 9. The zero-order valence-corrected chi connectivity index (χ0v) is 32.0. The standard InChI is InChI=1S/C54H35BN2O2/c1-5-15-36(16-6-1)38-19-13-24-42(31-38)57-48-25-14-26-50-54(48)55(46-30-27-39(32-49(46)57)37-17-7-2-8-18-37)47-35-52-45(34-53(47)58-50)44-29-28-43(33-51(44)59-52)56(40-20-9-3-10-21-40)41-22-11-4-12-23-41/h1-35H. The second-order valence-corrected chi connectivity index (χ2v) is 15.3. The molecule has 2 aliphatic rings. The van der Waals surface area contributed by atoms with Crippen molar-refractivity contribution in [2.24, 2.45) is 0 Å². The van der Waals surface area contributed by atoms with Gasteiger partial charge in [0.2, 0.25) is 0 Å². The van der Waals surface area contributed by atoms with Crippen LogP contribution in [0.5, 0.6) is 11.5 Å². The highest BCUT2D eigenvalue weighted by Gasteiger charge is 2.42. The third kappa shape index (κ3) is 5.47. The number of anilines is 6. The molecule has 4 nitrogen and oxygen atoms in total. The first-order chi connectivity index (χ1) is 29.2. The van der Waals surface area contributed by atoms with Crippen LogP contribution in [0.15, 0.2) is 217 Å². The number of hydrogen-bond acceptors (Lipinski definition) is 4. The van der Waals surface area contributed by atoms with E-state index in [0.29, 0.717) is 0 Å². The molecule has 0 spiro atoms. The lowest BCUT2D eigenvalue weighted by Gasteiger charge is -2.40. The van der Waals surface area contributed by atoms with Gasteiger partial charge in [0.25, 0.3) is 6.71 Å². The van der Waals surface area contributed by atoms with Crippen molar-refractivity contribution in [2.75, 3.05) is 9.80 Å². The van der Waals surface area contributed by atoms with Gasteiger partial charge in [-0.05, 0) is 118 Å². The van der Waals surface area contributed by atoms with E-state index in [2.05, 4.69) is 210 Å². The van der Waals surface area contributed by atoms with Gasteiger partial charge < -0.3 is 19.0 Å². The van der Waals surface area contributed by atoms with E-state index >= 15 is 0 Å². The Bertz CT molecular complexity index is 3160. The fourth-order valence-corrected chi connectivity index (χ4v) is 9.22. The molecule has 0 saturated heterocycles. The summed E-state index contributed by atoms with van der Waals surface area (Å²) in [6.07, 6.45) is 0. The number of hydrogen-bond donors (Lipinski definition) is 0. The molecular weight excluding hydrogens is 719 g/mol. The lowest BCUT2D eigenvalue weighted by Crippen LogP contribution is -2.59. The molecule has 9 aromatic carbocycles. The number of ether oxygens (including phenoxy) is 1. The van der Waals surface area contributed by atoms with Crippen LogP contribution in [-0.2, 0) is 0 Å². The number of nitrogens with zero attached hydrogens (tertiary/aromatic N) is 2. The van der Waals surface area contributed by atoms with Crippen LogP contribution in [0.2, 0.25) is 0 Å². The molecule has 0 aliphatic carbocycles. The Hall–Kier alpha value is -7.76. The van der Waals surface area contributed by atoms with Crippen molar-refractivity contribution in [3.05, 3.63) is 212 Å². The van der Waals surface area contributed by atoms with Crippen LogP contribution in [-0.4, -0.2) is 6.71 Å². The van der Waals surface area contributed by atoms with Gasteiger partial charge in [-0.15, -0.1) is 0 Å². The van der Waals surface area contributed by atoms with Crippen molar-refractivity contribution in [3.63, 3.8) is 0 Å². The van der Waals surface area contributed by atoms with Crippen molar-refractivity contribution in [3.8, 4) is 33.8 Å². The highest BCUT2D eigenvalue weighted by Crippen LogP contribution is 2.44. The minimum Gasteiger partial charge on any atom is -0.458 e. The van der Waals surface area contributed by atoms with Crippen LogP contribution in [0.3, 0.4) is 0 Å². The first kappa shape index (κ1) is 33.4. The van der Waals surface area contributed by atoms with E-state index in [9.17, 15) is 0 Å². The van der Waals surface area contributed by atoms with Gasteiger partial charge in [-0.3, -0.25) is 0 Å². The quantitative estimate of drug-likeness (QED) is 0.158. The number of rotatable bonds is 6. The first-order valence-electron chi connectivity index (χ1n) is 20.1. The fourth-order valence-electron chi connectivity index (χ4n) is 9.22. The molecule has 0 radical (unpaired) electrons. The van der Waals surface area contributed by atoms with E-state index in [0.717, 1.165) is 78.5 Å². The van der Waals surface area contributed by atoms with E-state index in [1.165, 1.54) is 27.7 Å². The largest absolute Gasteiger partial charge is 0.458 e. The maximum absolute atomic E-state index is 6.94. The van der Waals surface area contributed by atoms with E-state index in [1.54, 1.807) is 0 Å². The second-order valence-electron chi connectivity index (χ2n) is 15.3. The van der Waals surface area contributed by atoms with Gasteiger partial charge in [0.15, 0.2) is 0 Å². The molecular formula is C54H35BN2O2. The predicted molar refractivity (Wildman–Crippen MR) is 245 cm³/mol. The average Bonchev–Trinajstić information content (AvgIpc) is 3.66. The predicted octanol–water partition coefficient (Wildman–Crippen LogP) is 12.8. The molecule has 0 N–H and O–H groups in total. The minimum absolute atomic E-state index is 0.0712. The normalized spacial score (nSPS) is 12.5. The van der Waals surface area contributed by atoms with Gasteiger partial charge in [0, 0.05) is 51.0 Å². The summed E-state index contributed by atoms with van der Waals surface area (Å²) in [7, 11) is 0. The zero-order chi connectivity index (χ0) is 38.9. The summed E-state index contributed by atoms with van der Waals surface area (Å²) >= 11 is 0. The van der Waals surface area contributed by atoms with Gasteiger partial charge >= 0.3 is 0 Å². The lowest BCUT2D eigenvalue weighted by molar-refractivity contribution is 0.488. The van der Waals surface area contributed by atoms with E-state index in [-0.39, 0.29) is 6.71 Å². The van der Waals surface area contributed by atoms with Crippen LogP contribution in [0.4, 0.5) is 34.1 Å². The molecule has 5 heteroatoms. The Morgan fingerprint density at radius 1 is 0.390 bits per heavy atom. The molecule has 1 aromatic heterocycles. The Morgan fingerprint density at radius 3 is 1.73 bits per heavy atom. The topological polar surface area (TPSA) is 28.9 Å². The van der Waals surface area contributed by atoms with Crippen molar-refractivity contribution < 1.29 is 9.15 Å². The maximum Gasteiger partial charge on any atom is 0.256 e. The molecule has 0 fully saturated rings. The smallest absolute Gasteiger partial charge is 0.256 e. The Morgan fingerprint density at radius 2 is 1.02 bits per heavy atom. The summed E-state index contributed by atoms with van der Waals surface area (Å²) < 4.78 is 13.8.